The van der Waals surface area contributed by atoms with E-state index in [0.717, 1.165) is 5.56 Å². The zero-order chi connectivity index (χ0) is 29.8. The Hall–Kier alpha value is -3.27. The Balaban J connectivity index is 2.22. The zero-order valence-electron chi connectivity index (χ0n) is 24.6. The molecule has 10 heteroatoms. The number of methoxy groups -OCH3 is 1. The van der Waals surface area contributed by atoms with Crippen LogP contribution in [0.2, 0.25) is 0 Å². The number of carbonyl (C=O) groups is 4. The third-order valence-electron chi connectivity index (χ3n) is 6.62. The van der Waals surface area contributed by atoms with E-state index in [1.54, 1.807) is 17.3 Å². The molecule has 0 saturated carbocycles. The smallest absolute Gasteiger partial charge is 0.305 e. The standard InChI is InChI=1S/C30H43N3O6S/c1-19(2)15-27(35)33(6)25(20(3)4)17-26(39-21(5)34)30-32-24(18-40-30)29(37)31-23(13-14-28(36)38-7)16-22-11-9-8-10-12-22/h8-12,18-20,23,25-26H,13-17H2,1-7H3,(H,31,37)/t23-,25?,26-/m1/s1. The molecule has 0 aliphatic rings. The van der Waals surface area contributed by atoms with Crippen molar-refractivity contribution in [2.24, 2.45) is 11.8 Å². The van der Waals surface area contributed by atoms with Crippen molar-refractivity contribution in [3.8, 4) is 0 Å². The average Bonchev–Trinajstić information content (AvgIpc) is 3.39. The van der Waals surface area contributed by atoms with E-state index in [0.29, 0.717) is 30.7 Å². The maximum Gasteiger partial charge on any atom is 0.305 e. The Labute approximate surface area is 241 Å². The number of hydrogen-bond donors (Lipinski definition) is 1. The van der Waals surface area contributed by atoms with Crippen LogP contribution >= 0.6 is 11.3 Å². The van der Waals surface area contributed by atoms with Gasteiger partial charge in [-0.3, -0.25) is 19.2 Å². The van der Waals surface area contributed by atoms with Crippen LogP contribution in [0.25, 0.3) is 0 Å². The van der Waals surface area contributed by atoms with Crippen molar-refractivity contribution in [3.05, 3.63) is 52.0 Å². The van der Waals surface area contributed by atoms with E-state index in [4.69, 9.17) is 9.47 Å². The van der Waals surface area contributed by atoms with Crippen LogP contribution in [-0.2, 0) is 30.3 Å². The number of nitrogens with one attached hydrogen (secondary N) is 1. The Bertz CT molecular complexity index is 1120. The van der Waals surface area contributed by atoms with E-state index in [1.165, 1.54) is 25.4 Å². The number of aromatic nitrogens is 1. The van der Waals surface area contributed by atoms with Crippen molar-refractivity contribution in [3.63, 3.8) is 0 Å². The van der Waals surface area contributed by atoms with E-state index in [2.05, 4.69) is 10.3 Å². The number of ether oxygens (including phenoxy) is 2. The minimum atomic E-state index is -0.704. The summed E-state index contributed by atoms with van der Waals surface area (Å²) in [6.45, 7) is 9.38. The van der Waals surface area contributed by atoms with E-state index >= 15 is 0 Å². The summed E-state index contributed by atoms with van der Waals surface area (Å²) in [6.07, 6.45) is 1.22. The molecule has 0 fully saturated rings. The maximum atomic E-state index is 13.2. The molecule has 9 nitrogen and oxygen atoms in total. The first kappa shape index (κ1) is 32.9. The summed E-state index contributed by atoms with van der Waals surface area (Å²) in [5.41, 5.74) is 1.24. The number of hydrogen-bond acceptors (Lipinski definition) is 8. The molecule has 220 valence electrons. The maximum absolute atomic E-state index is 13.2. The minimum Gasteiger partial charge on any atom is -0.469 e. The highest BCUT2D eigenvalue weighted by atomic mass is 32.1. The second-order valence-electron chi connectivity index (χ2n) is 10.8. The van der Waals surface area contributed by atoms with Gasteiger partial charge < -0.3 is 19.7 Å². The van der Waals surface area contributed by atoms with E-state index in [1.807, 2.05) is 58.0 Å². The van der Waals surface area contributed by atoms with Gasteiger partial charge in [-0.25, -0.2) is 4.98 Å². The summed E-state index contributed by atoms with van der Waals surface area (Å²) in [5.74, 6) is -0.814. The van der Waals surface area contributed by atoms with E-state index in [9.17, 15) is 19.2 Å². The largest absolute Gasteiger partial charge is 0.469 e. The second-order valence-corrected chi connectivity index (χ2v) is 11.7. The van der Waals surface area contributed by atoms with Gasteiger partial charge in [0.1, 0.15) is 10.7 Å². The SMILES string of the molecule is COC(=O)CC[C@H](Cc1ccccc1)NC(=O)c1csc([C@@H](CC(C(C)C)N(C)C(=O)CC(C)C)OC(C)=O)n1. The lowest BCUT2D eigenvalue weighted by molar-refractivity contribution is -0.148. The molecular formula is C30H43N3O6S. The number of thiazole rings is 1. The summed E-state index contributed by atoms with van der Waals surface area (Å²) >= 11 is 1.24. The Morgan fingerprint density at radius 1 is 1.07 bits per heavy atom. The molecule has 0 saturated heterocycles. The van der Waals surface area contributed by atoms with Crippen LogP contribution in [0.3, 0.4) is 0 Å². The first-order chi connectivity index (χ1) is 18.9. The molecule has 1 N–H and O–H groups in total. The number of nitrogens with zero attached hydrogens (tertiary/aromatic N) is 2. The lowest BCUT2D eigenvalue weighted by Gasteiger charge is -2.34. The van der Waals surface area contributed by atoms with Crippen LogP contribution < -0.4 is 5.32 Å². The molecule has 0 aliphatic heterocycles. The summed E-state index contributed by atoms with van der Waals surface area (Å²) in [4.78, 5) is 56.0. The molecule has 2 amide bonds. The molecule has 40 heavy (non-hydrogen) atoms. The van der Waals surface area contributed by atoms with Gasteiger partial charge in [0, 0.05) is 50.7 Å². The predicted octanol–water partition coefficient (Wildman–Crippen LogP) is 4.96. The summed E-state index contributed by atoms with van der Waals surface area (Å²) in [6, 6.07) is 9.21. The molecule has 0 aliphatic carbocycles. The average molecular weight is 574 g/mol. The van der Waals surface area contributed by atoms with Gasteiger partial charge in [0.25, 0.3) is 5.91 Å². The Kier molecular flexibility index (Phi) is 13.3. The number of amides is 2. The molecule has 2 rings (SSSR count). The monoisotopic (exact) mass is 573 g/mol. The first-order valence-corrected chi connectivity index (χ1v) is 14.6. The first-order valence-electron chi connectivity index (χ1n) is 13.7. The highest BCUT2D eigenvalue weighted by Gasteiger charge is 2.31. The van der Waals surface area contributed by atoms with E-state index < -0.39 is 12.1 Å². The van der Waals surface area contributed by atoms with Crippen LogP contribution in [0.5, 0.6) is 0 Å². The molecule has 0 bridgehead atoms. The molecule has 3 atom stereocenters. The number of esters is 2. The van der Waals surface area contributed by atoms with Crippen molar-refractivity contribution >= 4 is 35.1 Å². The van der Waals surface area contributed by atoms with Crippen LogP contribution in [0, 0.1) is 11.8 Å². The van der Waals surface area contributed by atoms with Crippen molar-refractivity contribution in [2.45, 2.75) is 84.9 Å². The minimum absolute atomic E-state index is 0.0332. The third kappa shape index (κ3) is 10.7. The lowest BCUT2D eigenvalue weighted by Crippen LogP contribution is -2.42. The van der Waals surface area contributed by atoms with Crippen LogP contribution in [0.1, 0.15) is 87.5 Å². The molecular weight excluding hydrogens is 530 g/mol. The second kappa shape index (κ2) is 16.1. The Morgan fingerprint density at radius 3 is 2.33 bits per heavy atom. The zero-order valence-corrected chi connectivity index (χ0v) is 25.5. The molecule has 1 aromatic carbocycles. The lowest BCUT2D eigenvalue weighted by atomic mass is 9.95. The van der Waals surface area contributed by atoms with Gasteiger partial charge in [-0.1, -0.05) is 58.0 Å². The summed E-state index contributed by atoms with van der Waals surface area (Å²) in [5, 5.41) is 5.13. The van der Waals surface area contributed by atoms with Crippen molar-refractivity contribution in [2.75, 3.05) is 14.2 Å². The molecule has 1 unspecified atom stereocenters. The van der Waals surface area contributed by atoms with Gasteiger partial charge in [-0.15, -0.1) is 11.3 Å². The molecule has 0 spiro atoms. The highest BCUT2D eigenvalue weighted by molar-refractivity contribution is 7.09. The molecule has 0 radical (unpaired) electrons. The quantitative estimate of drug-likeness (QED) is 0.300. The predicted molar refractivity (Wildman–Crippen MR) is 155 cm³/mol. The number of carbonyl (C=O) groups excluding carboxylic acids is 4. The number of benzene rings is 1. The van der Waals surface area contributed by atoms with Crippen LogP contribution in [0.4, 0.5) is 0 Å². The van der Waals surface area contributed by atoms with Gasteiger partial charge in [0.2, 0.25) is 5.91 Å². The normalized spacial score (nSPS) is 13.4. The van der Waals surface area contributed by atoms with Crippen molar-refractivity contribution in [1.82, 2.24) is 15.2 Å². The topological polar surface area (TPSA) is 115 Å². The van der Waals surface area contributed by atoms with Gasteiger partial charge >= 0.3 is 11.9 Å². The summed E-state index contributed by atoms with van der Waals surface area (Å²) in [7, 11) is 3.12. The fraction of sp³-hybridized carbons (Fsp3) is 0.567. The number of rotatable bonds is 15. The van der Waals surface area contributed by atoms with Gasteiger partial charge in [0.15, 0.2) is 6.10 Å². The van der Waals surface area contributed by atoms with E-state index in [-0.39, 0.29) is 53.8 Å². The van der Waals surface area contributed by atoms with Gasteiger partial charge in [0.05, 0.1) is 7.11 Å². The van der Waals surface area contributed by atoms with Crippen molar-refractivity contribution < 1.29 is 28.7 Å². The third-order valence-corrected chi connectivity index (χ3v) is 7.56. The summed E-state index contributed by atoms with van der Waals surface area (Å²) < 4.78 is 10.4. The van der Waals surface area contributed by atoms with Crippen LogP contribution in [-0.4, -0.2) is 59.9 Å². The Morgan fingerprint density at radius 2 is 1.75 bits per heavy atom. The highest BCUT2D eigenvalue weighted by Crippen LogP contribution is 2.30. The molecule has 2 aromatic rings. The molecule has 1 heterocycles. The van der Waals surface area contributed by atoms with Crippen molar-refractivity contribution in [1.29, 1.82) is 0 Å². The van der Waals surface area contributed by atoms with Crippen LogP contribution in [0.15, 0.2) is 35.7 Å². The van der Waals surface area contributed by atoms with Gasteiger partial charge in [-0.2, -0.15) is 0 Å². The fourth-order valence-electron chi connectivity index (χ4n) is 4.49. The molecule has 1 aromatic heterocycles. The van der Waals surface area contributed by atoms with Gasteiger partial charge in [-0.05, 0) is 30.2 Å². The fourth-order valence-corrected chi connectivity index (χ4v) is 5.33.